The van der Waals surface area contributed by atoms with Crippen LogP contribution < -0.4 is 5.32 Å². The fourth-order valence-corrected chi connectivity index (χ4v) is 5.88. The van der Waals surface area contributed by atoms with E-state index in [-0.39, 0.29) is 0 Å². The first-order valence-electron chi connectivity index (χ1n) is 7.64. The summed E-state index contributed by atoms with van der Waals surface area (Å²) >= 11 is 4.30. The third-order valence-corrected chi connectivity index (χ3v) is 7.30. The van der Waals surface area contributed by atoms with Gasteiger partial charge in [0.15, 0.2) is 0 Å². The van der Waals surface area contributed by atoms with Crippen molar-refractivity contribution in [2.75, 3.05) is 18.1 Å². The zero-order valence-corrected chi connectivity index (χ0v) is 14.7. The summed E-state index contributed by atoms with van der Waals surface area (Å²) in [7, 11) is 0. The van der Waals surface area contributed by atoms with Crippen molar-refractivity contribution < 1.29 is 0 Å². The Bertz CT molecular complexity index is 433. The van der Waals surface area contributed by atoms with Crippen molar-refractivity contribution in [2.24, 2.45) is 0 Å². The Labute approximate surface area is 132 Å². The molecule has 1 aromatic rings. The summed E-state index contributed by atoms with van der Waals surface area (Å²) in [5.74, 6) is 2.61. The van der Waals surface area contributed by atoms with E-state index in [9.17, 15) is 0 Å². The largest absolute Gasteiger partial charge is 0.313 e. The molecule has 0 radical (unpaired) electrons. The minimum atomic E-state index is 0.591. The SMILES string of the molecule is CCNC(Cc1cc(C)ccc1C)C1SCCSC1C. The second-order valence-corrected chi connectivity index (χ2v) is 8.48. The molecule has 1 aliphatic rings. The maximum atomic E-state index is 3.74. The summed E-state index contributed by atoms with van der Waals surface area (Å²) in [5.41, 5.74) is 4.32. The lowest BCUT2D eigenvalue weighted by molar-refractivity contribution is 0.500. The highest BCUT2D eigenvalue weighted by molar-refractivity contribution is 8.07. The zero-order valence-electron chi connectivity index (χ0n) is 13.1. The Morgan fingerprint density at radius 1 is 1.25 bits per heavy atom. The van der Waals surface area contributed by atoms with Crippen molar-refractivity contribution >= 4 is 23.5 Å². The van der Waals surface area contributed by atoms with Gasteiger partial charge in [-0.15, -0.1) is 0 Å². The van der Waals surface area contributed by atoms with Crippen LogP contribution in [0.1, 0.15) is 30.5 Å². The fourth-order valence-electron chi connectivity index (χ4n) is 2.92. The molecule has 112 valence electrons. The van der Waals surface area contributed by atoms with Crippen LogP contribution in [0.3, 0.4) is 0 Å². The van der Waals surface area contributed by atoms with Gasteiger partial charge in [-0.25, -0.2) is 0 Å². The monoisotopic (exact) mass is 309 g/mol. The number of benzene rings is 1. The molecule has 0 saturated carbocycles. The number of hydrogen-bond acceptors (Lipinski definition) is 3. The van der Waals surface area contributed by atoms with E-state index >= 15 is 0 Å². The van der Waals surface area contributed by atoms with Crippen LogP contribution in [0, 0.1) is 13.8 Å². The molecule has 0 aliphatic carbocycles. The van der Waals surface area contributed by atoms with Crippen molar-refractivity contribution in [3.8, 4) is 0 Å². The Morgan fingerprint density at radius 2 is 2.00 bits per heavy atom. The molecule has 1 heterocycles. The van der Waals surface area contributed by atoms with Gasteiger partial charge in [0.05, 0.1) is 0 Å². The molecule has 0 spiro atoms. The van der Waals surface area contributed by atoms with E-state index in [1.54, 1.807) is 0 Å². The summed E-state index contributed by atoms with van der Waals surface area (Å²) in [6.45, 7) is 10.1. The molecular weight excluding hydrogens is 282 g/mol. The van der Waals surface area contributed by atoms with Crippen molar-refractivity contribution in [1.29, 1.82) is 0 Å². The number of rotatable bonds is 5. The first-order chi connectivity index (χ1) is 9.61. The van der Waals surface area contributed by atoms with Gasteiger partial charge in [-0.1, -0.05) is 37.6 Å². The van der Waals surface area contributed by atoms with E-state index < -0.39 is 0 Å². The quantitative estimate of drug-likeness (QED) is 0.881. The van der Waals surface area contributed by atoms with Crippen LogP contribution in [0.2, 0.25) is 0 Å². The average Bonchev–Trinajstić information content (AvgIpc) is 2.43. The first kappa shape index (κ1) is 16.3. The zero-order chi connectivity index (χ0) is 14.5. The lowest BCUT2D eigenvalue weighted by atomic mass is 9.96. The maximum Gasteiger partial charge on any atom is 0.0320 e. The summed E-state index contributed by atoms with van der Waals surface area (Å²) < 4.78 is 0. The normalized spacial score (nSPS) is 24.6. The maximum absolute atomic E-state index is 3.74. The van der Waals surface area contributed by atoms with E-state index in [0.29, 0.717) is 6.04 Å². The van der Waals surface area contributed by atoms with Crippen molar-refractivity contribution in [3.05, 3.63) is 34.9 Å². The van der Waals surface area contributed by atoms with Crippen molar-refractivity contribution in [3.63, 3.8) is 0 Å². The molecule has 0 bridgehead atoms. The minimum Gasteiger partial charge on any atom is -0.313 e. The number of likely N-dealkylation sites (N-methyl/N-ethyl adjacent to an activating group) is 1. The molecule has 3 unspecified atom stereocenters. The standard InChI is InChI=1S/C17H27NS2/c1-5-18-16(17-14(4)19-8-9-20-17)11-15-10-12(2)6-7-13(15)3/h6-7,10,14,16-18H,5,8-9,11H2,1-4H3. The van der Waals surface area contributed by atoms with Gasteiger partial charge in [-0.2, -0.15) is 23.5 Å². The summed E-state index contributed by atoms with van der Waals surface area (Å²) in [6, 6.07) is 7.44. The number of nitrogens with one attached hydrogen (secondary N) is 1. The van der Waals surface area contributed by atoms with Gasteiger partial charge < -0.3 is 5.32 Å². The molecule has 0 amide bonds. The number of thioether (sulfide) groups is 2. The Hall–Kier alpha value is -0.120. The van der Waals surface area contributed by atoms with Gasteiger partial charge in [0, 0.05) is 28.0 Å². The predicted molar refractivity (Wildman–Crippen MR) is 95.3 cm³/mol. The van der Waals surface area contributed by atoms with Crippen LogP contribution in [0.25, 0.3) is 0 Å². The third kappa shape index (κ3) is 4.19. The van der Waals surface area contributed by atoms with Gasteiger partial charge >= 0.3 is 0 Å². The minimum absolute atomic E-state index is 0.591. The van der Waals surface area contributed by atoms with Gasteiger partial charge in [0.25, 0.3) is 0 Å². The molecule has 1 aliphatic heterocycles. The lowest BCUT2D eigenvalue weighted by Crippen LogP contribution is -2.45. The van der Waals surface area contributed by atoms with E-state index in [4.69, 9.17) is 0 Å². The highest BCUT2D eigenvalue weighted by Crippen LogP contribution is 2.34. The van der Waals surface area contributed by atoms with Crippen molar-refractivity contribution in [1.82, 2.24) is 5.32 Å². The van der Waals surface area contributed by atoms with Gasteiger partial charge in [0.1, 0.15) is 0 Å². The highest BCUT2D eigenvalue weighted by atomic mass is 32.2. The van der Waals surface area contributed by atoms with Crippen LogP contribution in [0.5, 0.6) is 0 Å². The molecule has 1 fully saturated rings. The van der Waals surface area contributed by atoms with Crippen LogP contribution in [0.15, 0.2) is 18.2 Å². The molecule has 1 N–H and O–H groups in total. The molecule has 2 rings (SSSR count). The molecule has 3 heteroatoms. The molecule has 1 aromatic carbocycles. The Balaban J connectivity index is 2.13. The Morgan fingerprint density at radius 3 is 2.70 bits per heavy atom. The molecule has 1 saturated heterocycles. The lowest BCUT2D eigenvalue weighted by Gasteiger charge is -2.35. The molecular formula is C17H27NS2. The molecule has 0 aromatic heterocycles. The second kappa shape index (κ2) is 7.77. The summed E-state index contributed by atoms with van der Waals surface area (Å²) in [6.07, 6.45) is 1.16. The van der Waals surface area contributed by atoms with E-state index in [0.717, 1.165) is 23.5 Å². The average molecular weight is 310 g/mol. The molecule has 3 atom stereocenters. The highest BCUT2D eigenvalue weighted by Gasteiger charge is 2.30. The number of hydrogen-bond donors (Lipinski definition) is 1. The van der Waals surface area contributed by atoms with E-state index in [1.165, 1.54) is 28.2 Å². The third-order valence-electron chi connectivity index (χ3n) is 4.04. The Kier molecular flexibility index (Phi) is 6.31. The fraction of sp³-hybridized carbons (Fsp3) is 0.647. The predicted octanol–water partition coefficient (Wildman–Crippen LogP) is 4.06. The second-order valence-electron chi connectivity index (χ2n) is 5.71. The van der Waals surface area contributed by atoms with Crippen LogP contribution in [0.4, 0.5) is 0 Å². The van der Waals surface area contributed by atoms with Crippen LogP contribution >= 0.6 is 23.5 Å². The van der Waals surface area contributed by atoms with E-state index in [1.807, 2.05) is 0 Å². The summed E-state index contributed by atoms with van der Waals surface area (Å²) in [4.78, 5) is 0. The van der Waals surface area contributed by atoms with Gasteiger partial charge in [-0.05, 0) is 37.9 Å². The summed E-state index contributed by atoms with van der Waals surface area (Å²) in [5, 5.41) is 5.23. The van der Waals surface area contributed by atoms with E-state index in [2.05, 4.69) is 74.7 Å². The van der Waals surface area contributed by atoms with Gasteiger partial charge in [-0.3, -0.25) is 0 Å². The topological polar surface area (TPSA) is 12.0 Å². The van der Waals surface area contributed by atoms with Crippen LogP contribution in [-0.2, 0) is 6.42 Å². The molecule has 20 heavy (non-hydrogen) atoms. The van der Waals surface area contributed by atoms with Crippen molar-refractivity contribution in [2.45, 2.75) is 50.7 Å². The molecule has 1 nitrogen and oxygen atoms in total. The smallest absolute Gasteiger partial charge is 0.0320 e. The number of aryl methyl sites for hydroxylation is 2. The van der Waals surface area contributed by atoms with Crippen LogP contribution in [-0.4, -0.2) is 34.6 Å². The van der Waals surface area contributed by atoms with Gasteiger partial charge in [0.2, 0.25) is 0 Å². The first-order valence-corrected chi connectivity index (χ1v) is 9.74.